The molecule has 178 valence electrons. The highest BCUT2D eigenvalue weighted by Crippen LogP contribution is 2.26. The van der Waals surface area contributed by atoms with Crippen LogP contribution in [0.2, 0.25) is 0 Å². The minimum atomic E-state index is -0.359. The lowest BCUT2D eigenvalue weighted by Gasteiger charge is -2.19. The van der Waals surface area contributed by atoms with Crippen LogP contribution in [-0.2, 0) is 6.42 Å². The monoisotopic (exact) mass is 477 g/mol. The number of para-hydroxylation sites is 1. The van der Waals surface area contributed by atoms with Gasteiger partial charge in [-0.3, -0.25) is 9.48 Å². The van der Waals surface area contributed by atoms with Crippen molar-refractivity contribution in [2.75, 3.05) is 6.54 Å². The Morgan fingerprint density at radius 3 is 2.92 bits per heavy atom. The van der Waals surface area contributed by atoms with Crippen molar-refractivity contribution in [2.24, 2.45) is 0 Å². The van der Waals surface area contributed by atoms with Crippen LogP contribution in [0, 0.1) is 11.3 Å². The maximum atomic E-state index is 12.7. The number of hydrogen-bond acceptors (Lipinski definition) is 6. The molecule has 0 spiro atoms. The third-order valence-corrected chi connectivity index (χ3v) is 6.07. The van der Waals surface area contributed by atoms with Crippen LogP contribution in [0.1, 0.15) is 33.9 Å². The molecule has 36 heavy (non-hydrogen) atoms. The largest absolute Gasteiger partial charge is 0.507 e. The number of aromatic hydroxyl groups is 1. The van der Waals surface area contributed by atoms with Crippen LogP contribution in [0.3, 0.4) is 0 Å². The predicted octanol–water partition coefficient (Wildman–Crippen LogP) is 4.00. The van der Waals surface area contributed by atoms with Gasteiger partial charge >= 0.3 is 0 Å². The lowest BCUT2D eigenvalue weighted by atomic mass is 10.0. The van der Waals surface area contributed by atoms with Crippen LogP contribution < -0.4 is 5.32 Å². The molecule has 0 fully saturated rings. The Morgan fingerprint density at radius 2 is 2.06 bits per heavy atom. The number of phenols is 1. The lowest BCUT2D eigenvalue weighted by Crippen LogP contribution is -2.31. The summed E-state index contributed by atoms with van der Waals surface area (Å²) in [4.78, 5) is 24.5. The smallest absolute Gasteiger partial charge is 0.255 e. The fourth-order valence-electron chi connectivity index (χ4n) is 4.19. The molecule has 3 heterocycles. The summed E-state index contributed by atoms with van der Waals surface area (Å²) in [5.74, 6) is -0.428. The molecule has 0 aliphatic heterocycles. The molecule has 9 nitrogen and oxygen atoms in total. The number of benzene rings is 2. The van der Waals surface area contributed by atoms with E-state index >= 15 is 0 Å². The molecule has 0 aliphatic carbocycles. The number of fused-ring (bicyclic) bond motifs is 1. The fourth-order valence-corrected chi connectivity index (χ4v) is 4.19. The van der Waals surface area contributed by atoms with E-state index in [4.69, 9.17) is 0 Å². The number of aryl methyl sites for hydroxylation is 1. The molecule has 2 aromatic carbocycles. The number of aromatic amines is 1. The zero-order chi connectivity index (χ0) is 24.9. The van der Waals surface area contributed by atoms with Gasteiger partial charge in [-0.1, -0.05) is 24.3 Å². The molecule has 0 saturated heterocycles. The Morgan fingerprint density at radius 1 is 1.17 bits per heavy atom. The molecule has 3 aromatic heterocycles. The summed E-state index contributed by atoms with van der Waals surface area (Å²) in [6.07, 6.45) is 8.36. The van der Waals surface area contributed by atoms with E-state index in [0.717, 1.165) is 27.9 Å². The van der Waals surface area contributed by atoms with E-state index in [1.807, 2.05) is 41.3 Å². The van der Waals surface area contributed by atoms with E-state index in [0.29, 0.717) is 24.9 Å². The minimum absolute atomic E-state index is 0.0690. The molecule has 1 unspecified atom stereocenters. The van der Waals surface area contributed by atoms with Crippen molar-refractivity contribution in [2.45, 2.75) is 18.9 Å². The number of carbonyl (C=O) groups is 1. The SMILES string of the molecule is N#Cc1cccc(CCC(CNC(=O)c2ccccc2O)n2cc(-c3ncnc4[nH]ccc34)cn2)c1. The second-order valence-corrected chi connectivity index (χ2v) is 8.40. The molecule has 0 bridgehead atoms. The van der Waals surface area contributed by atoms with Crippen molar-refractivity contribution in [1.29, 1.82) is 5.26 Å². The van der Waals surface area contributed by atoms with Gasteiger partial charge in [0.15, 0.2) is 0 Å². The second-order valence-electron chi connectivity index (χ2n) is 8.40. The predicted molar refractivity (Wildman–Crippen MR) is 134 cm³/mol. The van der Waals surface area contributed by atoms with Crippen LogP contribution in [0.15, 0.2) is 79.5 Å². The zero-order valence-corrected chi connectivity index (χ0v) is 19.3. The lowest BCUT2D eigenvalue weighted by molar-refractivity contribution is 0.0943. The molecular weight excluding hydrogens is 454 g/mol. The first-order valence-corrected chi connectivity index (χ1v) is 11.5. The van der Waals surface area contributed by atoms with Gasteiger partial charge in [-0.2, -0.15) is 10.4 Å². The van der Waals surface area contributed by atoms with Crippen molar-refractivity contribution in [1.82, 2.24) is 30.0 Å². The Bertz CT molecular complexity index is 1560. The minimum Gasteiger partial charge on any atom is -0.507 e. The maximum Gasteiger partial charge on any atom is 0.255 e. The van der Waals surface area contributed by atoms with Crippen LogP contribution in [-0.4, -0.2) is 42.3 Å². The molecule has 5 rings (SSSR count). The summed E-state index contributed by atoms with van der Waals surface area (Å²) in [5.41, 5.74) is 4.21. The summed E-state index contributed by atoms with van der Waals surface area (Å²) in [7, 11) is 0. The van der Waals surface area contributed by atoms with Gasteiger partial charge < -0.3 is 15.4 Å². The van der Waals surface area contributed by atoms with Gasteiger partial charge in [0, 0.05) is 29.9 Å². The van der Waals surface area contributed by atoms with Crippen LogP contribution in [0.5, 0.6) is 5.75 Å². The van der Waals surface area contributed by atoms with E-state index in [9.17, 15) is 15.2 Å². The van der Waals surface area contributed by atoms with E-state index in [2.05, 4.69) is 31.4 Å². The number of rotatable bonds is 8. The highest BCUT2D eigenvalue weighted by molar-refractivity contribution is 5.96. The van der Waals surface area contributed by atoms with E-state index in [-0.39, 0.29) is 23.3 Å². The average molecular weight is 478 g/mol. The Labute approximate surface area is 207 Å². The first-order valence-electron chi connectivity index (χ1n) is 11.5. The highest BCUT2D eigenvalue weighted by atomic mass is 16.3. The van der Waals surface area contributed by atoms with Crippen molar-refractivity contribution in [3.05, 3.63) is 96.2 Å². The normalized spacial score (nSPS) is 11.8. The summed E-state index contributed by atoms with van der Waals surface area (Å²) >= 11 is 0. The van der Waals surface area contributed by atoms with Gasteiger partial charge in [0.05, 0.1) is 35.1 Å². The average Bonchev–Trinajstić information content (AvgIpc) is 3.59. The number of amides is 1. The van der Waals surface area contributed by atoms with E-state index in [1.54, 1.807) is 30.5 Å². The number of carbonyl (C=O) groups excluding carboxylic acids is 1. The first kappa shape index (κ1) is 22.8. The second kappa shape index (κ2) is 10.1. The summed E-state index contributed by atoms with van der Waals surface area (Å²) in [6, 6.07) is 17.9. The van der Waals surface area contributed by atoms with Gasteiger partial charge in [-0.05, 0) is 48.7 Å². The van der Waals surface area contributed by atoms with E-state index in [1.165, 1.54) is 12.4 Å². The topological polar surface area (TPSA) is 133 Å². The third-order valence-electron chi connectivity index (χ3n) is 6.07. The van der Waals surface area contributed by atoms with Crippen molar-refractivity contribution in [3.63, 3.8) is 0 Å². The standard InChI is InChI=1S/C27H23N7O2/c28-13-19-5-3-4-18(12-19)8-9-21(15-30-27(36)22-6-1-2-7-24(22)35)34-16-20(14-33-34)25-23-10-11-29-26(23)32-17-31-25/h1-7,10-12,14,16-17,21,35H,8-9,15H2,(H,30,36)(H,29,31,32). The fraction of sp³-hybridized carbons (Fsp3) is 0.148. The molecular formula is C27H23N7O2. The molecule has 1 amide bonds. The number of hydrogen-bond donors (Lipinski definition) is 3. The van der Waals surface area contributed by atoms with Crippen LogP contribution >= 0.6 is 0 Å². The number of nitrogens with zero attached hydrogens (tertiary/aromatic N) is 5. The Balaban J connectivity index is 1.39. The summed E-state index contributed by atoms with van der Waals surface area (Å²) in [6.45, 7) is 0.301. The van der Waals surface area contributed by atoms with E-state index < -0.39 is 0 Å². The number of phenolic OH excluding ortho intramolecular Hbond substituents is 1. The molecule has 9 heteroatoms. The third kappa shape index (κ3) is 4.79. The van der Waals surface area contributed by atoms with Crippen LogP contribution in [0.4, 0.5) is 0 Å². The quantitative estimate of drug-likeness (QED) is 0.309. The highest BCUT2D eigenvalue weighted by Gasteiger charge is 2.18. The zero-order valence-electron chi connectivity index (χ0n) is 19.3. The first-order chi connectivity index (χ1) is 17.6. The van der Waals surface area contributed by atoms with Crippen LogP contribution in [0.25, 0.3) is 22.3 Å². The maximum absolute atomic E-state index is 12.7. The Hall–Kier alpha value is -4.97. The van der Waals surface area contributed by atoms with Crippen molar-refractivity contribution in [3.8, 4) is 23.1 Å². The molecule has 1 atom stereocenters. The van der Waals surface area contributed by atoms with Gasteiger partial charge in [-0.15, -0.1) is 0 Å². The number of aromatic nitrogens is 5. The number of H-pyrrole nitrogens is 1. The van der Waals surface area contributed by atoms with Gasteiger partial charge in [0.2, 0.25) is 0 Å². The van der Waals surface area contributed by atoms with Crippen molar-refractivity contribution >= 4 is 16.9 Å². The molecule has 3 N–H and O–H groups in total. The summed E-state index contributed by atoms with van der Waals surface area (Å²) < 4.78 is 1.83. The van der Waals surface area contributed by atoms with Gasteiger partial charge in [0.25, 0.3) is 5.91 Å². The molecule has 0 saturated carbocycles. The van der Waals surface area contributed by atoms with Crippen molar-refractivity contribution < 1.29 is 9.90 Å². The molecule has 0 aliphatic rings. The molecule has 5 aromatic rings. The van der Waals surface area contributed by atoms with Gasteiger partial charge in [0.1, 0.15) is 17.7 Å². The number of nitriles is 1. The van der Waals surface area contributed by atoms with Gasteiger partial charge in [-0.25, -0.2) is 9.97 Å². The Kier molecular flexibility index (Phi) is 6.40. The molecule has 0 radical (unpaired) electrons. The number of nitrogens with one attached hydrogen (secondary N) is 2. The summed E-state index contributed by atoms with van der Waals surface area (Å²) in [5, 5.41) is 27.7.